The van der Waals surface area contributed by atoms with E-state index in [1.165, 1.54) is 31.9 Å². The molecule has 4 atom stereocenters. The topological polar surface area (TPSA) is 295 Å². The van der Waals surface area contributed by atoms with E-state index in [1.54, 1.807) is 42.0 Å². The maximum absolute atomic E-state index is 13.9. The van der Waals surface area contributed by atoms with Gasteiger partial charge in [-0.3, -0.25) is 44.1 Å². The number of aromatic nitrogens is 8. The van der Waals surface area contributed by atoms with Crippen molar-refractivity contribution >= 4 is 81.1 Å². The molecule has 5 amide bonds. The first-order valence-electron chi connectivity index (χ1n) is 32.6. The average molecular weight is 1270 g/mol. The van der Waals surface area contributed by atoms with Crippen LogP contribution in [0.5, 0.6) is 0 Å². The number of carbonyl (C=O) groups excluding carboxylic acids is 5. The third-order valence-corrected chi connectivity index (χ3v) is 19.1. The third-order valence-electron chi connectivity index (χ3n) is 19.1. The highest BCUT2D eigenvalue weighted by atomic mass is 16.4. The summed E-state index contributed by atoms with van der Waals surface area (Å²) in [5.74, 6) is -1.21. The number of amides is 5. The second kappa shape index (κ2) is 28.6. The maximum atomic E-state index is 13.9. The van der Waals surface area contributed by atoms with Gasteiger partial charge in [0, 0.05) is 97.4 Å². The summed E-state index contributed by atoms with van der Waals surface area (Å²) in [5.41, 5.74) is 11.4. The number of rotatable bonds is 16. The SMILES string of the molecule is C.CNCCCCCCC/C=C/c1cnc2c(c1)[C@@]1(Cc3cc(C(=O)N[C@H](Cc4cc(C)c5[nH]ncc5c4)C(=O)O)cnc3C1)C(=O)N2.Cc1cc(C[C@H]2NC(=O)c3cnc4c(c3)C[C@@]3(C4)C(=O)Nc4ncc(cc43)/C=C/CCCCCCCN(C)C2=O)cc2cn[nH]c12. The molecule has 5 aliphatic rings. The number of nitrogens with one attached hydrogen (secondary N) is 7. The predicted octanol–water partition coefficient (Wildman–Crippen LogP) is 10.1. The molecular formula is C73H84N14O7. The summed E-state index contributed by atoms with van der Waals surface area (Å²) >= 11 is 0. The standard InChI is InChI=1S/C36H41N7O4.C36H39N7O3.CH4/c1-22-12-24(13-26-21-40-43-31(22)26)15-29(34(45)46)41-33(44)27-16-25-17-36(18-30(25)38-20-27)28-14-23(19-39-32(28)42-35(36)47)10-8-6-4-3-5-7-9-11-37-2;1-22-12-24(13-26-21-39-42-31(22)26)15-29-34(45)43(2)11-9-7-5-3-4-6-8-10-23-14-28-32(38-19-23)41-35(46)36(28)17-25-16-27(33(44)40-29)20-37-30(25)18-36;/h8,10,12-14,16,19-21,29,37H,3-7,9,11,15,17-18H2,1-2H3,(H,40,43)(H,41,44)(H,45,46)(H,39,42,47);8,10,12-14,16,19-21,29H,3-7,9,11,15,17-18H2,1-2H3,(H,39,42)(H,40,44)(H,38,41,46);1H4/b2*10-8+;/t2*29-,36+;/m11./s1. The van der Waals surface area contributed by atoms with Crippen molar-refractivity contribution in [3.05, 3.63) is 176 Å². The molecule has 21 nitrogen and oxygen atoms in total. The van der Waals surface area contributed by atoms with Gasteiger partial charge in [-0.1, -0.05) is 82.4 Å². The number of hydrogen-bond acceptors (Lipinski definition) is 13. The van der Waals surface area contributed by atoms with E-state index in [-0.39, 0.29) is 43.0 Å². The number of nitrogens with zero attached hydrogens (tertiary/aromatic N) is 7. The van der Waals surface area contributed by atoms with Crippen LogP contribution in [0.3, 0.4) is 0 Å². The van der Waals surface area contributed by atoms with Gasteiger partial charge in [-0.25, -0.2) is 14.8 Å². The van der Waals surface area contributed by atoms with Crippen molar-refractivity contribution in [1.82, 2.24) is 61.2 Å². The summed E-state index contributed by atoms with van der Waals surface area (Å²) in [6.07, 6.45) is 34.0. The number of H-pyrrole nitrogens is 2. The summed E-state index contributed by atoms with van der Waals surface area (Å²) in [5, 5.41) is 40.8. The van der Waals surface area contributed by atoms with Gasteiger partial charge in [0.1, 0.15) is 23.7 Å². The monoisotopic (exact) mass is 1270 g/mol. The van der Waals surface area contributed by atoms with Crippen LogP contribution in [0.1, 0.15) is 172 Å². The van der Waals surface area contributed by atoms with E-state index in [0.717, 1.165) is 147 Å². The Labute approximate surface area is 547 Å². The maximum Gasteiger partial charge on any atom is 0.326 e. The first-order valence-corrected chi connectivity index (χ1v) is 32.6. The number of carboxylic acids is 1. The van der Waals surface area contributed by atoms with Gasteiger partial charge in [0.2, 0.25) is 17.7 Å². The molecule has 0 radical (unpaired) electrons. The molecule has 94 heavy (non-hydrogen) atoms. The molecular weight excluding hydrogens is 1180 g/mol. The molecule has 8 N–H and O–H groups in total. The zero-order valence-corrected chi connectivity index (χ0v) is 53.2. The number of carbonyl (C=O) groups is 6. The Hall–Kier alpha value is -9.76. The molecule has 8 aromatic rings. The Morgan fingerprint density at radius 1 is 0.702 bits per heavy atom. The average Bonchev–Trinajstić information content (AvgIpc) is 1.58. The van der Waals surface area contributed by atoms with Crippen LogP contribution in [-0.2, 0) is 68.5 Å². The van der Waals surface area contributed by atoms with Gasteiger partial charge in [0.25, 0.3) is 11.8 Å². The van der Waals surface area contributed by atoms with Crippen LogP contribution < -0.4 is 26.6 Å². The van der Waals surface area contributed by atoms with Gasteiger partial charge < -0.3 is 36.6 Å². The molecule has 2 spiro atoms. The smallest absolute Gasteiger partial charge is 0.326 e. The molecule has 0 fully saturated rings. The number of likely N-dealkylation sites (N-methyl/N-ethyl adjacent to an activating group) is 1. The molecule has 488 valence electrons. The van der Waals surface area contributed by atoms with Gasteiger partial charge >= 0.3 is 5.97 Å². The number of hydrogen-bond donors (Lipinski definition) is 8. The first-order chi connectivity index (χ1) is 45.1. The zero-order chi connectivity index (χ0) is 64.8. The number of aromatic amines is 2. The zero-order valence-electron chi connectivity index (χ0n) is 53.2. The van der Waals surface area contributed by atoms with Crippen molar-refractivity contribution in [2.75, 3.05) is 37.8 Å². The van der Waals surface area contributed by atoms with Crippen LogP contribution >= 0.6 is 0 Å². The lowest BCUT2D eigenvalue weighted by Gasteiger charge is -2.25. The number of benzene rings is 2. The Kier molecular flexibility index (Phi) is 20.0. The molecule has 9 heterocycles. The molecule has 0 unspecified atom stereocenters. The van der Waals surface area contributed by atoms with Crippen molar-refractivity contribution in [3.63, 3.8) is 0 Å². The van der Waals surface area contributed by atoms with Crippen LogP contribution in [-0.4, -0.2) is 125 Å². The summed E-state index contributed by atoms with van der Waals surface area (Å²) in [6, 6.07) is 13.6. The van der Waals surface area contributed by atoms with Gasteiger partial charge in [0.05, 0.1) is 45.4 Å². The van der Waals surface area contributed by atoms with Crippen LogP contribution in [0.25, 0.3) is 34.0 Å². The molecule has 2 aromatic carbocycles. The highest BCUT2D eigenvalue weighted by Gasteiger charge is 2.53. The number of fused-ring (bicyclic) bond motifs is 7. The molecule has 0 saturated carbocycles. The van der Waals surface area contributed by atoms with Crippen LogP contribution in [0.2, 0.25) is 0 Å². The lowest BCUT2D eigenvalue weighted by Crippen LogP contribution is -2.48. The summed E-state index contributed by atoms with van der Waals surface area (Å²) in [6.45, 7) is 5.63. The van der Waals surface area contributed by atoms with E-state index in [1.807, 2.05) is 64.3 Å². The largest absolute Gasteiger partial charge is 0.480 e. The lowest BCUT2D eigenvalue weighted by molar-refractivity contribution is -0.139. The van der Waals surface area contributed by atoms with Crippen molar-refractivity contribution in [2.45, 2.75) is 160 Å². The third kappa shape index (κ3) is 14.0. The predicted molar refractivity (Wildman–Crippen MR) is 363 cm³/mol. The van der Waals surface area contributed by atoms with Crippen LogP contribution in [0.4, 0.5) is 11.6 Å². The first kappa shape index (κ1) is 65.7. The normalized spacial score (nSPS) is 19.8. The minimum atomic E-state index is -1.14. The molecule has 2 aliphatic carbocycles. The molecule has 3 aliphatic heterocycles. The molecule has 5 bridgehead atoms. The van der Waals surface area contributed by atoms with Gasteiger partial charge in [-0.15, -0.1) is 0 Å². The van der Waals surface area contributed by atoms with Gasteiger partial charge in [0.15, 0.2) is 0 Å². The second-order valence-electron chi connectivity index (χ2n) is 25.8. The summed E-state index contributed by atoms with van der Waals surface area (Å²) in [4.78, 5) is 100. The van der Waals surface area contributed by atoms with Gasteiger partial charge in [-0.05, 0) is 160 Å². The quantitative estimate of drug-likeness (QED) is 0.0418. The lowest BCUT2D eigenvalue weighted by atomic mass is 9.79. The number of allylic oxidation sites excluding steroid dienone is 2. The fraction of sp³-hybridized carbons (Fsp3) is 0.397. The van der Waals surface area contributed by atoms with E-state index in [9.17, 15) is 33.9 Å². The van der Waals surface area contributed by atoms with Crippen molar-refractivity contribution < 1.29 is 33.9 Å². The minimum absolute atomic E-state index is 0. The van der Waals surface area contributed by atoms with Crippen molar-refractivity contribution in [2.24, 2.45) is 0 Å². The number of aliphatic carboxylic acids is 1. The molecule has 21 heteroatoms. The summed E-state index contributed by atoms with van der Waals surface area (Å²) in [7, 11) is 3.80. The minimum Gasteiger partial charge on any atom is -0.480 e. The number of anilines is 2. The van der Waals surface area contributed by atoms with E-state index < -0.39 is 34.8 Å². The Morgan fingerprint density at radius 2 is 1.33 bits per heavy atom. The second-order valence-corrected chi connectivity index (χ2v) is 25.8. The molecule has 6 aromatic heterocycles. The Bertz CT molecular complexity index is 4270. The van der Waals surface area contributed by atoms with Crippen molar-refractivity contribution in [3.8, 4) is 0 Å². The van der Waals surface area contributed by atoms with E-state index >= 15 is 0 Å². The number of pyridine rings is 4. The fourth-order valence-electron chi connectivity index (χ4n) is 14.0. The number of unbranched alkanes of at least 4 members (excludes halogenated alkanes) is 5. The molecule has 0 saturated heterocycles. The molecule has 13 rings (SSSR count). The van der Waals surface area contributed by atoms with E-state index in [4.69, 9.17) is 0 Å². The van der Waals surface area contributed by atoms with Gasteiger partial charge in [-0.2, -0.15) is 10.2 Å². The highest BCUT2D eigenvalue weighted by Crippen LogP contribution is 2.48. The number of aryl methyl sites for hydroxylation is 2. The summed E-state index contributed by atoms with van der Waals surface area (Å²) < 4.78 is 0. The Morgan fingerprint density at radius 3 is 2.04 bits per heavy atom. The van der Waals surface area contributed by atoms with E-state index in [0.29, 0.717) is 55.8 Å². The number of carboxylic acid groups (broad SMARTS) is 1. The van der Waals surface area contributed by atoms with Crippen molar-refractivity contribution in [1.29, 1.82) is 0 Å². The fourth-order valence-corrected chi connectivity index (χ4v) is 14.0. The van der Waals surface area contributed by atoms with Crippen LogP contribution in [0, 0.1) is 13.8 Å². The van der Waals surface area contributed by atoms with Crippen LogP contribution in [0.15, 0.2) is 97.9 Å². The van der Waals surface area contributed by atoms with E-state index in [2.05, 4.69) is 97.3 Å². The highest BCUT2D eigenvalue weighted by molar-refractivity contribution is 6.08. The Balaban J connectivity index is 0.000000190.